The van der Waals surface area contributed by atoms with Gasteiger partial charge in [-0.15, -0.1) is 0 Å². The van der Waals surface area contributed by atoms with Crippen LogP contribution in [0, 0.1) is 0 Å². The van der Waals surface area contributed by atoms with Crippen molar-refractivity contribution in [3.05, 3.63) is 0 Å². The van der Waals surface area contributed by atoms with E-state index in [2.05, 4.69) is 0 Å². The summed E-state index contributed by atoms with van der Waals surface area (Å²) in [4.78, 5) is 37.2. The summed E-state index contributed by atoms with van der Waals surface area (Å²) in [5.74, 6) is -1.73. The minimum Gasteiger partial charge on any atom is -0.481 e. The van der Waals surface area contributed by atoms with Crippen LogP contribution in [0.15, 0.2) is 0 Å². The molecule has 1 aliphatic heterocycles. The summed E-state index contributed by atoms with van der Waals surface area (Å²) in [6, 6.07) is -1.59. The molecule has 0 saturated carbocycles. The van der Waals surface area contributed by atoms with Gasteiger partial charge in [0.1, 0.15) is 6.04 Å². The number of hydrogen-bond acceptors (Lipinski definition) is 4. The molecule has 0 spiro atoms. The zero-order chi connectivity index (χ0) is 13.9. The second kappa shape index (κ2) is 5.81. The van der Waals surface area contributed by atoms with Crippen LogP contribution in [0.2, 0.25) is 0 Å². The number of nitrogens with zero attached hydrogens (tertiary/aromatic N) is 2. The average Bonchev–Trinajstić information content (AvgIpc) is 2.74. The van der Waals surface area contributed by atoms with Crippen LogP contribution in [0.3, 0.4) is 0 Å². The van der Waals surface area contributed by atoms with Gasteiger partial charge in [0.2, 0.25) is 11.8 Å². The van der Waals surface area contributed by atoms with E-state index in [-0.39, 0.29) is 5.91 Å². The monoisotopic (exact) mass is 257 g/mol. The zero-order valence-electron chi connectivity index (χ0n) is 10.6. The number of likely N-dealkylation sites (N-methyl/N-ethyl adjacent to an activating group) is 1. The standard InChI is InChI=1S/C11H19N3O4/c1-13(2)11(18)8-4-3-5-14(8)10(17)7(12)6-9(15)16/h7-8H,3-6,12H2,1-2H3,(H,15,16). The molecular weight excluding hydrogens is 238 g/mol. The molecule has 0 aliphatic carbocycles. The number of carbonyl (C=O) groups is 3. The molecule has 7 nitrogen and oxygen atoms in total. The number of rotatable bonds is 4. The molecule has 2 atom stereocenters. The lowest BCUT2D eigenvalue weighted by Gasteiger charge is -2.28. The number of likely N-dealkylation sites (tertiary alicyclic amines) is 1. The van der Waals surface area contributed by atoms with Gasteiger partial charge in [-0.2, -0.15) is 0 Å². The lowest BCUT2D eigenvalue weighted by Crippen LogP contribution is -2.51. The quantitative estimate of drug-likeness (QED) is 0.663. The van der Waals surface area contributed by atoms with Gasteiger partial charge in [-0.3, -0.25) is 14.4 Å². The van der Waals surface area contributed by atoms with Crippen molar-refractivity contribution in [3.63, 3.8) is 0 Å². The van der Waals surface area contributed by atoms with Gasteiger partial charge in [-0.1, -0.05) is 0 Å². The highest BCUT2D eigenvalue weighted by Crippen LogP contribution is 2.19. The van der Waals surface area contributed by atoms with Crippen molar-refractivity contribution in [3.8, 4) is 0 Å². The van der Waals surface area contributed by atoms with E-state index in [9.17, 15) is 14.4 Å². The fourth-order valence-corrected chi connectivity index (χ4v) is 2.07. The zero-order valence-corrected chi connectivity index (χ0v) is 10.6. The van der Waals surface area contributed by atoms with Gasteiger partial charge in [0.15, 0.2) is 0 Å². The molecule has 102 valence electrons. The Kier molecular flexibility index (Phi) is 4.66. The Labute approximate surface area is 106 Å². The molecule has 0 aromatic heterocycles. The summed E-state index contributed by atoms with van der Waals surface area (Å²) in [5.41, 5.74) is 5.54. The van der Waals surface area contributed by atoms with E-state index >= 15 is 0 Å². The minimum atomic E-state index is -1.12. The minimum absolute atomic E-state index is 0.150. The summed E-state index contributed by atoms with van der Waals surface area (Å²) >= 11 is 0. The lowest BCUT2D eigenvalue weighted by molar-refractivity contribution is -0.145. The van der Waals surface area contributed by atoms with Gasteiger partial charge in [0.25, 0.3) is 0 Å². The Morgan fingerprint density at radius 1 is 1.44 bits per heavy atom. The van der Waals surface area contributed by atoms with E-state index in [1.54, 1.807) is 14.1 Å². The maximum atomic E-state index is 12.0. The highest BCUT2D eigenvalue weighted by molar-refractivity contribution is 5.91. The van der Waals surface area contributed by atoms with Gasteiger partial charge >= 0.3 is 5.97 Å². The van der Waals surface area contributed by atoms with Crippen molar-refractivity contribution >= 4 is 17.8 Å². The van der Waals surface area contributed by atoms with Crippen LogP contribution in [0.5, 0.6) is 0 Å². The maximum Gasteiger partial charge on any atom is 0.305 e. The van der Waals surface area contributed by atoms with Crippen LogP contribution in [0.25, 0.3) is 0 Å². The van der Waals surface area contributed by atoms with E-state index in [0.717, 1.165) is 6.42 Å². The van der Waals surface area contributed by atoms with Crippen molar-refractivity contribution < 1.29 is 19.5 Å². The number of aliphatic carboxylic acids is 1. The molecule has 1 aliphatic rings. The number of hydrogen-bond donors (Lipinski definition) is 2. The SMILES string of the molecule is CN(C)C(=O)C1CCCN1C(=O)C(N)CC(=O)O. The Morgan fingerprint density at radius 2 is 2.06 bits per heavy atom. The molecular formula is C11H19N3O4. The van der Waals surface area contributed by atoms with Gasteiger partial charge in [0.05, 0.1) is 12.5 Å². The van der Waals surface area contributed by atoms with Crippen LogP contribution in [0.1, 0.15) is 19.3 Å². The first-order valence-corrected chi connectivity index (χ1v) is 5.83. The molecule has 0 aromatic rings. The summed E-state index contributed by atoms with van der Waals surface area (Å²) in [6.45, 7) is 0.455. The molecule has 3 N–H and O–H groups in total. The fraction of sp³-hybridized carbons (Fsp3) is 0.727. The first-order valence-electron chi connectivity index (χ1n) is 5.83. The predicted molar refractivity (Wildman–Crippen MR) is 63.7 cm³/mol. The molecule has 1 rings (SSSR count). The first kappa shape index (κ1) is 14.4. The van der Waals surface area contributed by atoms with Crippen molar-refractivity contribution in [2.45, 2.75) is 31.3 Å². The van der Waals surface area contributed by atoms with E-state index in [1.807, 2.05) is 0 Å². The van der Waals surface area contributed by atoms with Gasteiger partial charge in [0, 0.05) is 20.6 Å². The summed E-state index contributed by atoms with van der Waals surface area (Å²) in [6.07, 6.45) is 0.913. The first-order chi connectivity index (χ1) is 8.34. The highest BCUT2D eigenvalue weighted by Gasteiger charge is 2.37. The molecule has 0 radical (unpaired) electrons. The van der Waals surface area contributed by atoms with Crippen LogP contribution in [0.4, 0.5) is 0 Å². The molecule has 2 amide bonds. The predicted octanol–water partition coefficient (Wildman–Crippen LogP) is -1.13. The van der Waals surface area contributed by atoms with E-state index in [4.69, 9.17) is 10.8 Å². The number of carboxylic acid groups (broad SMARTS) is 1. The molecule has 7 heteroatoms. The lowest BCUT2D eigenvalue weighted by atomic mass is 10.1. The van der Waals surface area contributed by atoms with Gasteiger partial charge in [-0.25, -0.2) is 0 Å². The van der Waals surface area contributed by atoms with E-state index < -0.39 is 30.4 Å². The number of carboxylic acids is 1. The Morgan fingerprint density at radius 3 is 2.56 bits per heavy atom. The van der Waals surface area contributed by atoms with Gasteiger partial charge < -0.3 is 20.6 Å². The summed E-state index contributed by atoms with van der Waals surface area (Å²) in [5, 5.41) is 8.61. The number of nitrogens with two attached hydrogens (primary N) is 1. The third-order valence-electron chi connectivity index (χ3n) is 2.97. The van der Waals surface area contributed by atoms with Crippen LogP contribution in [-0.4, -0.2) is 65.4 Å². The van der Waals surface area contributed by atoms with Crippen LogP contribution in [-0.2, 0) is 14.4 Å². The fourth-order valence-electron chi connectivity index (χ4n) is 2.07. The summed E-state index contributed by atoms with van der Waals surface area (Å²) in [7, 11) is 3.25. The summed E-state index contributed by atoms with van der Waals surface area (Å²) < 4.78 is 0. The van der Waals surface area contributed by atoms with Crippen molar-refractivity contribution in [1.82, 2.24) is 9.80 Å². The smallest absolute Gasteiger partial charge is 0.305 e. The molecule has 18 heavy (non-hydrogen) atoms. The third kappa shape index (κ3) is 3.19. The van der Waals surface area contributed by atoms with Crippen molar-refractivity contribution in [2.24, 2.45) is 5.73 Å². The Balaban J connectivity index is 2.72. The molecule has 1 saturated heterocycles. The molecule has 0 bridgehead atoms. The number of carbonyl (C=O) groups excluding carboxylic acids is 2. The second-order valence-electron chi connectivity index (χ2n) is 4.63. The molecule has 1 fully saturated rings. The van der Waals surface area contributed by atoms with Crippen LogP contribution >= 0.6 is 0 Å². The average molecular weight is 257 g/mol. The molecule has 1 heterocycles. The Bertz CT molecular complexity index is 356. The van der Waals surface area contributed by atoms with Crippen LogP contribution < -0.4 is 5.73 Å². The third-order valence-corrected chi connectivity index (χ3v) is 2.97. The highest BCUT2D eigenvalue weighted by atomic mass is 16.4. The number of amides is 2. The molecule has 0 aromatic carbocycles. The topological polar surface area (TPSA) is 104 Å². The second-order valence-corrected chi connectivity index (χ2v) is 4.63. The Hall–Kier alpha value is -1.63. The van der Waals surface area contributed by atoms with Crippen molar-refractivity contribution in [2.75, 3.05) is 20.6 Å². The largest absolute Gasteiger partial charge is 0.481 e. The maximum absolute atomic E-state index is 12.0. The van der Waals surface area contributed by atoms with E-state index in [1.165, 1.54) is 9.80 Å². The van der Waals surface area contributed by atoms with Crippen molar-refractivity contribution in [1.29, 1.82) is 0 Å². The molecule has 2 unspecified atom stereocenters. The normalized spacial score (nSPS) is 20.6. The van der Waals surface area contributed by atoms with E-state index in [0.29, 0.717) is 13.0 Å². The van der Waals surface area contributed by atoms with Gasteiger partial charge in [-0.05, 0) is 12.8 Å².